The number of amides is 2. The normalized spacial score (nSPS) is 14.5. The molecular formula is C36H47N3O4S. The zero-order chi connectivity index (χ0) is 31.7. The number of benzene rings is 3. The van der Waals surface area contributed by atoms with E-state index < -0.39 is 16.1 Å². The van der Waals surface area contributed by atoms with Gasteiger partial charge < -0.3 is 10.2 Å². The number of anilines is 1. The summed E-state index contributed by atoms with van der Waals surface area (Å²) in [5.74, 6) is -0.293. The highest BCUT2D eigenvalue weighted by molar-refractivity contribution is 7.92. The van der Waals surface area contributed by atoms with E-state index in [1.807, 2.05) is 93.6 Å². The maximum absolute atomic E-state index is 14.2. The van der Waals surface area contributed by atoms with Crippen LogP contribution >= 0.6 is 0 Å². The van der Waals surface area contributed by atoms with Crippen LogP contribution in [0.2, 0.25) is 0 Å². The Labute approximate surface area is 263 Å². The zero-order valence-electron chi connectivity index (χ0n) is 26.6. The lowest BCUT2D eigenvalue weighted by Crippen LogP contribution is -2.53. The second-order valence-corrected chi connectivity index (χ2v) is 14.1. The van der Waals surface area contributed by atoms with Crippen LogP contribution < -0.4 is 9.62 Å². The van der Waals surface area contributed by atoms with E-state index in [1.165, 1.54) is 17.0 Å². The van der Waals surface area contributed by atoms with Crippen LogP contribution in [0.25, 0.3) is 0 Å². The molecule has 1 saturated carbocycles. The Morgan fingerprint density at radius 3 is 2.25 bits per heavy atom. The fraction of sp³-hybridized carbons (Fsp3) is 0.444. The molecule has 0 saturated heterocycles. The molecule has 2 amide bonds. The predicted octanol–water partition coefficient (Wildman–Crippen LogP) is 6.25. The van der Waals surface area contributed by atoms with Crippen LogP contribution in [0.15, 0.2) is 72.8 Å². The molecule has 0 aromatic heterocycles. The number of hydrogen-bond donors (Lipinski definition) is 1. The first-order chi connectivity index (χ1) is 21.0. The van der Waals surface area contributed by atoms with Gasteiger partial charge in [-0.2, -0.15) is 0 Å². The molecule has 0 radical (unpaired) electrons. The SMILES string of the molecule is Cc1ccc(C)c(N(CCCC(=O)N(Cc2ccccc2C)C(Cc2ccccc2)C(=O)NC2CCCCC2)S(C)(=O)=O)c1. The van der Waals surface area contributed by atoms with Gasteiger partial charge in [0.05, 0.1) is 11.9 Å². The summed E-state index contributed by atoms with van der Waals surface area (Å²) >= 11 is 0. The molecule has 7 nitrogen and oxygen atoms in total. The van der Waals surface area contributed by atoms with Crippen molar-refractivity contribution in [1.82, 2.24) is 10.2 Å². The largest absolute Gasteiger partial charge is 0.352 e. The number of rotatable bonds is 13. The average molecular weight is 618 g/mol. The van der Waals surface area contributed by atoms with Crippen LogP contribution in [0.3, 0.4) is 0 Å². The summed E-state index contributed by atoms with van der Waals surface area (Å²) in [4.78, 5) is 29.9. The van der Waals surface area contributed by atoms with Gasteiger partial charge in [-0.1, -0.05) is 86.0 Å². The van der Waals surface area contributed by atoms with Crippen LogP contribution in [0.1, 0.15) is 72.8 Å². The number of sulfonamides is 1. The van der Waals surface area contributed by atoms with Crippen molar-refractivity contribution in [3.05, 3.63) is 101 Å². The van der Waals surface area contributed by atoms with Crippen molar-refractivity contribution in [3.63, 3.8) is 0 Å². The third kappa shape index (κ3) is 9.18. The molecule has 3 aromatic rings. The van der Waals surface area contributed by atoms with E-state index in [2.05, 4.69) is 5.32 Å². The number of hydrogen-bond acceptors (Lipinski definition) is 4. The minimum Gasteiger partial charge on any atom is -0.352 e. The third-order valence-electron chi connectivity index (χ3n) is 8.61. The standard InChI is InChI=1S/C36H47N3O4S/c1-27-21-22-29(3)33(24-27)39(44(4,42)43)23-13-20-35(40)38(26-31-17-12-11-14-28(31)2)34(25-30-15-7-5-8-16-30)36(41)37-32-18-9-6-10-19-32/h5,7-8,11-12,14-17,21-22,24,32,34H,6,9-10,13,18-20,23,25-26H2,1-4H3,(H,37,41). The molecule has 236 valence electrons. The summed E-state index contributed by atoms with van der Waals surface area (Å²) < 4.78 is 27.1. The molecule has 0 aliphatic heterocycles. The summed E-state index contributed by atoms with van der Waals surface area (Å²) in [6, 6.07) is 22.9. The van der Waals surface area contributed by atoms with Gasteiger partial charge in [-0.05, 0) is 73.9 Å². The average Bonchev–Trinajstić information content (AvgIpc) is 2.99. The van der Waals surface area contributed by atoms with E-state index in [1.54, 1.807) is 4.90 Å². The summed E-state index contributed by atoms with van der Waals surface area (Å²) in [5, 5.41) is 3.28. The lowest BCUT2D eigenvalue weighted by atomic mass is 9.94. The monoisotopic (exact) mass is 617 g/mol. The van der Waals surface area contributed by atoms with Crippen LogP contribution in [0.5, 0.6) is 0 Å². The van der Waals surface area contributed by atoms with Crippen molar-refractivity contribution in [2.45, 2.75) is 90.8 Å². The fourth-order valence-electron chi connectivity index (χ4n) is 6.04. The minimum absolute atomic E-state index is 0.116. The summed E-state index contributed by atoms with van der Waals surface area (Å²) in [5.41, 5.74) is 5.47. The zero-order valence-corrected chi connectivity index (χ0v) is 27.4. The van der Waals surface area contributed by atoms with Gasteiger partial charge in [0.25, 0.3) is 0 Å². The number of nitrogens with one attached hydrogen (secondary N) is 1. The summed E-state index contributed by atoms with van der Waals surface area (Å²) in [7, 11) is -3.57. The molecule has 1 N–H and O–H groups in total. The van der Waals surface area contributed by atoms with E-state index in [-0.39, 0.29) is 30.8 Å². The van der Waals surface area contributed by atoms with Crippen molar-refractivity contribution in [2.24, 2.45) is 0 Å². The smallest absolute Gasteiger partial charge is 0.243 e. The highest BCUT2D eigenvalue weighted by Crippen LogP contribution is 2.25. The van der Waals surface area contributed by atoms with Gasteiger partial charge in [0.2, 0.25) is 21.8 Å². The van der Waals surface area contributed by atoms with Crippen molar-refractivity contribution in [1.29, 1.82) is 0 Å². The van der Waals surface area contributed by atoms with Crippen LogP contribution in [0, 0.1) is 20.8 Å². The molecule has 8 heteroatoms. The Bertz CT molecular complexity index is 1520. The minimum atomic E-state index is -3.57. The molecular weight excluding hydrogens is 570 g/mol. The number of carbonyl (C=O) groups excluding carboxylic acids is 2. The number of carbonyl (C=O) groups is 2. The van der Waals surface area contributed by atoms with Crippen molar-refractivity contribution in [2.75, 3.05) is 17.1 Å². The Kier molecular flexibility index (Phi) is 11.6. The molecule has 1 unspecified atom stereocenters. The first-order valence-electron chi connectivity index (χ1n) is 15.8. The predicted molar refractivity (Wildman–Crippen MR) is 178 cm³/mol. The van der Waals surface area contributed by atoms with Crippen LogP contribution in [-0.2, 0) is 32.6 Å². The van der Waals surface area contributed by atoms with Crippen molar-refractivity contribution < 1.29 is 18.0 Å². The van der Waals surface area contributed by atoms with Crippen LogP contribution in [0.4, 0.5) is 5.69 Å². The fourth-order valence-corrected chi connectivity index (χ4v) is 7.05. The molecule has 3 aromatic carbocycles. The molecule has 0 spiro atoms. The van der Waals surface area contributed by atoms with E-state index >= 15 is 0 Å². The second-order valence-electron chi connectivity index (χ2n) is 12.2. The Hall–Kier alpha value is -3.65. The topological polar surface area (TPSA) is 86.8 Å². The quantitative estimate of drug-likeness (QED) is 0.246. The Morgan fingerprint density at radius 1 is 0.886 bits per heavy atom. The second kappa shape index (κ2) is 15.4. The van der Waals surface area contributed by atoms with Gasteiger partial charge in [0.1, 0.15) is 6.04 Å². The molecule has 0 bridgehead atoms. The number of nitrogens with zero attached hydrogens (tertiary/aromatic N) is 2. The first-order valence-corrected chi connectivity index (χ1v) is 17.6. The molecule has 1 aliphatic carbocycles. The highest BCUT2D eigenvalue weighted by Gasteiger charge is 2.32. The third-order valence-corrected chi connectivity index (χ3v) is 9.79. The summed E-state index contributed by atoms with van der Waals surface area (Å²) in [6.45, 7) is 6.31. The van der Waals surface area contributed by atoms with E-state index in [4.69, 9.17) is 0 Å². The van der Waals surface area contributed by atoms with Gasteiger partial charge in [-0.15, -0.1) is 0 Å². The molecule has 1 aliphatic rings. The molecule has 4 rings (SSSR count). The summed E-state index contributed by atoms with van der Waals surface area (Å²) in [6.07, 6.45) is 7.32. The lowest BCUT2D eigenvalue weighted by molar-refractivity contribution is -0.141. The Balaban J connectivity index is 1.61. The molecule has 44 heavy (non-hydrogen) atoms. The van der Waals surface area contributed by atoms with Crippen LogP contribution in [-0.4, -0.2) is 50.0 Å². The van der Waals surface area contributed by atoms with Gasteiger partial charge in [-0.3, -0.25) is 13.9 Å². The molecule has 1 fully saturated rings. The van der Waals surface area contributed by atoms with E-state index in [0.29, 0.717) is 25.1 Å². The lowest BCUT2D eigenvalue weighted by Gasteiger charge is -2.34. The van der Waals surface area contributed by atoms with Gasteiger partial charge in [0.15, 0.2) is 0 Å². The molecule has 0 heterocycles. The van der Waals surface area contributed by atoms with Gasteiger partial charge >= 0.3 is 0 Å². The first kappa shape index (κ1) is 33.2. The highest BCUT2D eigenvalue weighted by atomic mass is 32.2. The Morgan fingerprint density at radius 2 is 1.57 bits per heavy atom. The van der Waals surface area contributed by atoms with E-state index in [9.17, 15) is 18.0 Å². The number of aryl methyl sites for hydroxylation is 3. The molecule has 1 atom stereocenters. The maximum atomic E-state index is 14.2. The van der Waals surface area contributed by atoms with Crippen molar-refractivity contribution >= 4 is 27.5 Å². The van der Waals surface area contributed by atoms with E-state index in [0.717, 1.165) is 53.5 Å². The van der Waals surface area contributed by atoms with Gasteiger partial charge in [-0.25, -0.2) is 8.42 Å². The maximum Gasteiger partial charge on any atom is 0.243 e. The van der Waals surface area contributed by atoms with Gasteiger partial charge in [0, 0.05) is 32.0 Å². The van der Waals surface area contributed by atoms with Crippen molar-refractivity contribution in [3.8, 4) is 0 Å².